The number of aliphatic hydroxyl groups is 3. The molecular formula is C55H85NO14. The summed E-state index contributed by atoms with van der Waals surface area (Å²) in [6, 6.07) is -1.14. The van der Waals surface area contributed by atoms with Crippen molar-refractivity contribution in [2.45, 2.75) is 199 Å². The summed E-state index contributed by atoms with van der Waals surface area (Å²) < 4.78 is 36.3. The molecule has 2 saturated heterocycles. The van der Waals surface area contributed by atoms with Gasteiger partial charge in [-0.1, -0.05) is 71.1 Å². The summed E-state index contributed by atoms with van der Waals surface area (Å²) in [5.74, 6) is -7.90. The number of esters is 1. The van der Waals surface area contributed by atoms with Crippen LogP contribution in [0.25, 0.3) is 0 Å². The normalized spacial score (nSPS) is 37.1. The summed E-state index contributed by atoms with van der Waals surface area (Å²) in [4.78, 5) is 72.5. The third-order valence-electron chi connectivity index (χ3n) is 15.5. The molecule has 70 heavy (non-hydrogen) atoms. The average Bonchev–Trinajstić information content (AvgIpc) is 4.17. The molecule has 1 amide bonds. The first-order chi connectivity index (χ1) is 33.3. The number of cyclic esters (lactones) is 1. The van der Waals surface area contributed by atoms with E-state index in [9.17, 15) is 39.3 Å². The van der Waals surface area contributed by atoms with Gasteiger partial charge in [-0.15, -0.1) is 0 Å². The number of piperidine rings is 1. The summed E-state index contributed by atoms with van der Waals surface area (Å²) in [5, 5.41) is 33.0. The zero-order valence-corrected chi connectivity index (χ0v) is 43.4. The van der Waals surface area contributed by atoms with Crippen molar-refractivity contribution in [2.24, 2.45) is 35.5 Å². The van der Waals surface area contributed by atoms with Crippen molar-refractivity contribution in [2.75, 3.05) is 34.0 Å². The minimum Gasteiger partial charge on any atom is -0.460 e. The van der Waals surface area contributed by atoms with Crippen LogP contribution in [0, 0.1) is 35.5 Å². The first-order valence-corrected chi connectivity index (χ1v) is 26.2. The van der Waals surface area contributed by atoms with E-state index >= 15 is 0 Å². The van der Waals surface area contributed by atoms with Gasteiger partial charge >= 0.3 is 5.97 Å². The molecule has 0 radical (unpaired) electrons. The predicted molar refractivity (Wildman–Crippen MR) is 263 cm³/mol. The Morgan fingerprint density at radius 2 is 1.60 bits per heavy atom. The highest BCUT2D eigenvalue weighted by Gasteiger charge is 2.53. The smallest absolute Gasteiger partial charge is 0.329 e. The number of hydrogen-bond donors (Lipinski definition) is 3. The standard InChI is InChI=1S/C55H85NO14/c1-33-15-11-10-12-16-34(2)46(68-41-21-22-41)31-42-20-18-39(7)55(64,70-42)52(61)53(62)56-24-14-13-17-43(56)54(63)69-47(36(4)29-40-19-23-45(67-26-25-57)48(30-40)65-8)32-44(58)35(3)28-38(6)50(60)51(66-9)49(59)37(5)27-33/h10-12,15-16,28,33,35-37,39-43,45-48,50-51,57,60,64H,13-14,17-27,29-32H2,1-9H3/t33-,35-,36-,37-,39-,40+,42-,43+,45-,46-,47+,48-,50-,51+,55-/m1/s1. The van der Waals surface area contributed by atoms with Crippen molar-refractivity contribution < 1.29 is 67.7 Å². The second-order valence-corrected chi connectivity index (χ2v) is 21.3. The molecule has 3 aliphatic heterocycles. The van der Waals surface area contributed by atoms with Crippen LogP contribution in [0.15, 0.2) is 47.6 Å². The molecule has 0 aromatic heterocycles. The van der Waals surface area contributed by atoms with Gasteiger partial charge in [-0.05, 0) is 120 Å². The Balaban J connectivity index is 1.46. The maximum absolute atomic E-state index is 14.5. The monoisotopic (exact) mass is 984 g/mol. The molecule has 4 fully saturated rings. The molecule has 15 heteroatoms. The van der Waals surface area contributed by atoms with Crippen LogP contribution in [0.4, 0.5) is 0 Å². The van der Waals surface area contributed by atoms with E-state index in [0.29, 0.717) is 63.4 Å². The fourth-order valence-corrected chi connectivity index (χ4v) is 10.8. The molecule has 0 aromatic carbocycles. The topological polar surface area (TPSA) is 205 Å². The van der Waals surface area contributed by atoms with Gasteiger partial charge in [-0.3, -0.25) is 19.2 Å². The lowest BCUT2D eigenvalue weighted by molar-refractivity contribution is -0.266. The molecule has 5 rings (SSSR count). The van der Waals surface area contributed by atoms with Gasteiger partial charge in [0.15, 0.2) is 5.78 Å². The highest BCUT2D eigenvalue weighted by molar-refractivity contribution is 6.39. The number of hydrogen-bond acceptors (Lipinski definition) is 14. The summed E-state index contributed by atoms with van der Waals surface area (Å²) in [6.07, 6.45) is 14.3. The maximum atomic E-state index is 14.5. The van der Waals surface area contributed by atoms with Crippen molar-refractivity contribution in [3.63, 3.8) is 0 Å². The summed E-state index contributed by atoms with van der Waals surface area (Å²) in [7, 11) is 3.02. The molecule has 0 unspecified atom stereocenters. The third kappa shape index (κ3) is 15.6. The number of Topliss-reactive ketones (excluding diaryl/α,β-unsaturated/α-hetero) is 3. The Morgan fingerprint density at radius 3 is 2.29 bits per heavy atom. The Bertz CT molecular complexity index is 1890. The van der Waals surface area contributed by atoms with Crippen molar-refractivity contribution in [1.82, 2.24) is 4.90 Å². The molecule has 0 spiro atoms. The number of methoxy groups -OCH3 is 2. The van der Waals surface area contributed by atoms with Crippen molar-refractivity contribution in [3.8, 4) is 0 Å². The molecular weight excluding hydrogens is 899 g/mol. The molecule has 0 aromatic rings. The molecule has 3 heterocycles. The van der Waals surface area contributed by atoms with Crippen LogP contribution in [0.5, 0.6) is 0 Å². The fourth-order valence-electron chi connectivity index (χ4n) is 10.8. The van der Waals surface area contributed by atoms with Crippen LogP contribution < -0.4 is 0 Å². The van der Waals surface area contributed by atoms with E-state index in [1.165, 1.54) is 12.0 Å². The molecule has 15 nitrogen and oxygen atoms in total. The summed E-state index contributed by atoms with van der Waals surface area (Å²) in [5.41, 5.74) is 1.32. The second kappa shape index (κ2) is 27.0. The highest BCUT2D eigenvalue weighted by atomic mass is 16.6. The van der Waals surface area contributed by atoms with E-state index in [0.717, 1.165) is 24.8 Å². The number of aliphatic hydroxyl groups excluding tert-OH is 2. The van der Waals surface area contributed by atoms with E-state index in [1.54, 1.807) is 34.0 Å². The Labute approximate surface area is 416 Å². The molecule has 2 bridgehead atoms. The highest BCUT2D eigenvalue weighted by Crippen LogP contribution is 2.39. The van der Waals surface area contributed by atoms with Crippen molar-refractivity contribution in [3.05, 3.63) is 47.6 Å². The van der Waals surface area contributed by atoms with Crippen LogP contribution in [0.1, 0.15) is 138 Å². The first-order valence-electron chi connectivity index (χ1n) is 26.2. The van der Waals surface area contributed by atoms with Crippen LogP contribution in [-0.2, 0) is 52.4 Å². The summed E-state index contributed by atoms with van der Waals surface area (Å²) in [6.45, 7) is 13.0. The third-order valence-corrected chi connectivity index (χ3v) is 15.5. The van der Waals surface area contributed by atoms with Gasteiger partial charge < -0.3 is 48.6 Å². The van der Waals surface area contributed by atoms with E-state index in [2.05, 4.69) is 0 Å². The SMILES string of the molecule is CO[C@@H]1C[C@H](C[C@@H](C)[C@@H]2CC(=O)[C@H](C)C=C(C)[C@@H](O)[C@@H](OC)C(=O)[C@H](C)C[C@H](C)C=CC=CC=C(C)[C@H](OC3CC3)C[C@H]3CC[C@@H](C)[C@@](O)(O3)C(=O)C(=O)N3CCCC[C@H]3C(=O)O2)CC[C@H]1OCCO. The van der Waals surface area contributed by atoms with Crippen LogP contribution in [-0.4, -0.2) is 144 Å². The number of ketones is 3. The number of carbonyl (C=O) groups is 5. The number of ether oxygens (including phenoxy) is 6. The van der Waals surface area contributed by atoms with Crippen LogP contribution >= 0.6 is 0 Å². The zero-order valence-electron chi connectivity index (χ0n) is 43.4. The minimum atomic E-state index is -2.43. The second-order valence-electron chi connectivity index (χ2n) is 21.3. The Morgan fingerprint density at radius 1 is 0.857 bits per heavy atom. The lowest BCUT2D eigenvalue weighted by Crippen LogP contribution is -2.61. The van der Waals surface area contributed by atoms with E-state index in [4.69, 9.17) is 28.4 Å². The fraction of sp³-hybridized carbons (Fsp3) is 0.764. The summed E-state index contributed by atoms with van der Waals surface area (Å²) >= 11 is 0. The van der Waals surface area contributed by atoms with Crippen LogP contribution in [0.3, 0.4) is 0 Å². The van der Waals surface area contributed by atoms with Gasteiger partial charge in [0.2, 0.25) is 5.79 Å². The van der Waals surface area contributed by atoms with Gasteiger partial charge in [-0.25, -0.2) is 4.79 Å². The quantitative estimate of drug-likeness (QED) is 0.118. The minimum absolute atomic E-state index is 0.0197. The molecule has 2 saturated carbocycles. The number of nitrogens with zero attached hydrogens (tertiary/aromatic N) is 1. The van der Waals surface area contributed by atoms with Crippen molar-refractivity contribution in [1.29, 1.82) is 0 Å². The molecule has 5 aliphatic rings. The molecule has 2 aliphatic carbocycles. The average molecular weight is 984 g/mol. The van der Waals surface area contributed by atoms with E-state index in [-0.39, 0.29) is 86.3 Å². The van der Waals surface area contributed by atoms with Gasteiger partial charge in [0, 0.05) is 51.4 Å². The van der Waals surface area contributed by atoms with Gasteiger partial charge in [0.05, 0.1) is 43.7 Å². The number of fused-ring (bicyclic) bond motifs is 3. The van der Waals surface area contributed by atoms with E-state index < -0.39 is 71.7 Å². The van der Waals surface area contributed by atoms with Gasteiger partial charge in [0.25, 0.3) is 11.7 Å². The van der Waals surface area contributed by atoms with Crippen molar-refractivity contribution >= 4 is 29.2 Å². The maximum Gasteiger partial charge on any atom is 0.329 e. The number of amides is 1. The lowest BCUT2D eigenvalue weighted by Gasteiger charge is -2.43. The number of carbonyl (C=O) groups excluding carboxylic acids is 5. The van der Waals surface area contributed by atoms with Gasteiger partial charge in [0.1, 0.15) is 30.1 Å². The predicted octanol–water partition coefficient (Wildman–Crippen LogP) is 6.73. The zero-order chi connectivity index (χ0) is 51.3. The number of rotatable bonds is 10. The van der Waals surface area contributed by atoms with E-state index in [1.807, 2.05) is 58.1 Å². The molecule has 3 N–H and O–H groups in total. The Hall–Kier alpha value is -3.41. The lowest BCUT2D eigenvalue weighted by atomic mass is 9.78. The van der Waals surface area contributed by atoms with Crippen LogP contribution in [0.2, 0.25) is 0 Å². The van der Waals surface area contributed by atoms with Gasteiger partial charge in [-0.2, -0.15) is 0 Å². The first kappa shape index (κ1) is 57.5. The molecule has 394 valence electrons. The molecule has 15 atom stereocenters. The largest absolute Gasteiger partial charge is 0.460 e. The Kier molecular flexibility index (Phi) is 22.2. The number of allylic oxidation sites excluding steroid dienone is 6.